The number of aromatic carboxylic acids is 3. The minimum absolute atomic E-state index is 0.0602. The highest BCUT2D eigenvalue weighted by Gasteiger charge is 2.09. The van der Waals surface area contributed by atoms with Gasteiger partial charge in [0.2, 0.25) is 5.82 Å². The van der Waals surface area contributed by atoms with Gasteiger partial charge in [0.1, 0.15) is 5.82 Å². The summed E-state index contributed by atoms with van der Waals surface area (Å²) in [6, 6.07) is 7.85. The Hall–Kier alpha value is -5.14. The number of hydrogen-bond acceptors (Lipinski definition) is 9. The molecule has 4 rings (SSSR count). The number of fused-ring (bicyclic) bond motifs is 1. The van der Waals surface area contributed by atoms with Crippen LogP contribution in [0.25, 0.3) is 11.0 Å². The number of nitrogen functional groups attached to an aromatic ring is 3. The highest BCUT2D eigenvalue weighted by Crippen LogP contribution is 2.14. The molecule has 0 saturated heterocycles. The smallest absolute Gasteiger partial charge is 0.371 e. The Bertz CT molecular complexity index is 1250. The predicted octanol–water partition coefficient (Wildman–Crippen LogP) is 0.895. The molecule has 0 aliphatic rings. The molecule has 0 aliphatic heterocycles. The first-order valence-corrected chi connectivity index (χ1v) is 8.54. The van der Waals surface area contributed by atoms with Gasteiger partial charge in [0, 0.05) is 11.9 Å². The lowest BCUT2D eigenvalue weighted by molar-refractivity contribution is 0.0677. The van der Waals surface area contributed by atoms with Crippen LogP contribution in [0.15, 0.2) is 42.7 Å². The lowest BCUT2D eigenvalue weighted by Crippen LogP contribution is -2.00. The van der Waals surface area contributed by atoms with Crippen LogP contribution >= 0.6 is 0 Å². The topological polar surface area (TPSA) is 260 Å². The van der Waals surface area contributed by atoms with Gasteiger partial charge in [-0.15, -0.1) is 0 Å². The van der Waals surface area contributed by atoms with Crippen LogP contribution in [0, 0.1) is 0 Å². The van der Waals surface area contributed by atoms with Crippen molar-refractivity contribution in [3.05, 3.63) is 59.8 Å². The van der Waals surface area contributed by atoms with Crippen molar-refractivity contribution < 1.29 is 29.7 Å². The van der Waals surface area contributed by atoms with E-state index < -0.39 is 17.9 Å². The largest absolute Gasteiger partial charge is 0.478 e. The summed E-state index contributed by atoms with van der Waals surface area (Å²) in [5.74, 6) is -2.90. The minimum Gasteiger partial charge on any atom is -0.478 e. The first-order valence-electron chi connectivity index (χ1n) is 8.54. The lowest BCUT2D eigenvalue weighted by atomic mass is 10.3. The van der Waals surface area contributed by atoms with Gasteiger partial charge in [-0.1, -0.05) is 0 Å². The molecule has 0 bridgehead atoms. The molecule has 11 N–H and O–H groups in total. The molecule has 0 fully saturated rings. The fraction of sp³-hybridized carbons (Fsp3) is 0. The number of nitrogens with zero attached hydrogens (tertiary/aromatic N) is 3. The minimum atomic E-state index is -1.09. The summed E-state index contributed by atoms with van der Waals surface area (Å²) in [5, 5.41) is 31.0. The molecule has 0 atom stereocenters. The Morgan fingerprint density at radius 1 is 0.875 bits per heavy atom. The van der Waals surface area contributed by atoms with E-state index in [2.05, 4.69) is 25.1 Å². The first-order chi connectivity index (χ1) is 15.1. The number of rotatable bonds is 3. The Morgan fingerprint density at radius 3 is 2.06 bits per heavy atom. The third-order valence-electron chi connectivity index (χ3n) is 3.62. The normalized spacial score (nSPS) is 9.75. The van der Waals surface area contributed by atoms with E-state index in [9.17, 15) is 14.4 Å². The van der Waals surface area contributed by atoms with E-state index in [1.54, 1.807) is 18.2 Å². The number of nitrogens with one attached hydrogen (secondary N) is 2. The van der Waals surface area contributed by atoms with E-state index in [4.69, 9.17) is 32.5 Å². The maximum absolute atomic E-state index is 10.5. The van der Waals surface area contributed by atoms with Crippen LogP contribution in [0.5, 0.6) is 0 Å². The van der Waals surface area contributed by atoms with Crippen molar-refractivity contribution in [2.24, 2.45) is 0 Å². The average molecular weight is 442 g/mol. The second-order valence-electron chi connectivity index (χ2n) is 5.95. The summed E-state index contributed by atoms with van der Waals surface area (Å²) in [5.41, 5.74) is 18.0. The summed E-state index contributed by atoms with van der Waals surface area (Å²) in [7, 11) is 0. The van der Waals surface area contributed by atoms with Gasteiger partial charge in [0.25, 0.3) is 0 Å². The molecular formula is C18H18N8O6. The Morgan fingerprint density at radius 2 is 1.59 bits per heavy atom. The van der Waals surface area contributed by atoms with Gasteiger partial charge in [-0.2, -0.15) is 5.10 Å². The number of aromatic amines is 2. The number of aromatic nitrogens is 5. The fourth-order valence-electron chi connectivity index (χ4n) is 2.13. The third kappa shape index (κ3) is 6.18. The molecule has 1 aromatic carbocycles. The van der Waals surface area contributed by atoms with E-state index in [-0.39, 0.29) is 22.8 Å². The number of carbonyl (C=O) groups is 3. The third-order valence-corrected chi connectivity index (χ3v) is 3.62. The standard InChI is InChI=1S/C8H7N3O2.C6H6N2O2.C4H5N3O2/c9-4-1-2-5-6(3-4)11-7(10-5)8(12)13;7-5-2-1-4(3-8-5)6(9)10;5-2-1-6-7-3(2)4(8)9/h1-3H,9H2,(H,10,11)(H,12,13);1-3H,(H2,7,8)(H,9,10);1H,5H2,(H,6,7)(H,8,9). The summed E-state index contributed by atoms with van der Waals surface area (Å²) >= 11 is 0. The highest BCUT2D eigenvalue weighted by atomic mass is 16.4. The Kier molecular flexibility index (Phi) is 7.27. The molecule has 3 aromatic heterocycles. The first kappa shape index (κ1) is 23.1. The van der Waals surface area contributed by atoms with Crippen molar-refractivity contribution in [2.75, 3.05) is 17.2 Å². The van der Waals surface area contributed by atoms with Gasteiger partial charge >= 0.3 is 17.9 Å². The van der Waals surface area contributed by atoms with Crippen LogP contribution in [0.3, 0.4) is 0 Å². The van der Waals surface area contributed by atoms with Crippen molar-refractivity contribution >= 4 is 46.1 Å². The van der Waals surface area contributed by atoms with Crippen LogP contribution < -0.4 is 17.2 Å². The van der Waals surface area contributed by atoms with Crippen molar-refractivity contribution in [2.45, 2.75) is 0 Å². The van der Waals surface area contributed by atoms with Crippen LogP contribution in [0.4, 0.5) is 17.2 Å². The molecule has 3 heterocycles. The van der Waals surface area contributed by atoms with E-state index in [0.29, 0.717) is 22.5 Å². The van der Waals surface area contributed by atoms with E-state index in [1.807, 2.05) is 0 Å². The molecule has 0 aliphatic carbocycles. The number of benzene rings is 1. The molecule has 32 heavy (non-hydrogen) atoms. The fourth-order valence-corrected chi connectivity index (χ4v) is 2.13. The molecule has 14 nitrogen and oxygen atoms in total. The van der Waals surface area contributed by atoms with Crippen molar-refractivity contribution in [3.63, 3.8) is 0 Å². The van der Waals surface area contributed by atoms with Crippen molar-refractivity contribution in [1.29, 1.82) is 0 Å². The van der Waals surface area contributed by atoms with Crippen LogP contribution in [0.2, 0.25) is 0 Å². The number of carboxylic acid groups (broad SMARTS) is 3. The molecule has 0 spiro atoms. The molecule has 0 amide bonds. The summed E-state index contributed by atoms with van der Waals surface area (Å²) in [4.78, 5) is 41.0. The summed E-state index contributed by atoms with van der Waals surface area (Å²) in [6.45, 7) is 0. The van der Waals surface area contributed by atoms with E-state index >= 15 is 0 Å². The molecule has 0 radical (unpaired) electrons. The molecule has 166 valence electrons. The highest BCUT2D eigenvalue weighted by molar-refractivity contribution is 5.91. The van der Waals surface area contributed by atoms with Gasteiger partial charge < -0.3 is 37.5 Å². The number of imidazole rings is 1. The Labute approximate surface area is 178 Å². The van der Waals surface area contributed by atoms with Gasteiger partial charge in [-0.25, -0.2) is 24.4 Å². The van der Waals surface area contributed by atoms with Gasteiger partial charge in [-0.3, -0.25) is 5.10 Å². The molecule has 4 aromatic rings. The second-order valence-corrected chi connectivity index (χ2v) is 5.95. The number of anilines is 3. The zero-order valence-electron chi connectivity index (χ0n) is 16.2. The quantitative estimate of drug-likeness (QED) is 0.206. The second kappa shape index (κ2) is 10.1. The summed E-state index contributed by atoms with van der Waals surface area (Å²) < 4.78 is 0. The van der Waals surface area contributed by atoms with Gasteiger partial charge in [0.15, 0.2) is 5.69 Å². The average Bonchev–Trinajstić information content (AvgIpc) is 3.35. The number of H-pyrrole nitrogens is 2. The molecule has 0 saturated carbocycles. The van der Waals surface area contributed by atoms with Gasteiger partial charge in [0.05, 0.1) is 28.5 Å². The van der Waals surface area contributed by atoms with Crippen LogP contribution in [-0.2, 0) is 0 Å². The lowest BCUT2D eigenvalue weighted by Gasteiger charge is -1.92. The molecular weight excluding hydrogens is 424 g/mol. The maximum atomic E-state index is 10.5. The van der Waals surface area contributed by atoms with E-state index in [0.717, 1.165) is 0 Å². The maximum Gasteiger partial charge on any atom is 0.371 e. The van der Waals surface area contributed by atoms with Crippen LogP contribution in [-0.4, -0.2) is 58.4 Å². The number of nitrogens with two attached hydrogens (primary N) is 3. The van der Waals surface area contributed by atoms with Gasteiger partial charge in [-0.05, 0) is 30.3 Å². The number of pyridine rings is 1. The Balaban J connectivity index is 0.000000174. The van der Waals surface area contributed by atoms with E-state index in [1.165, 1.54) is 24.5 Å². The SMILES string of the molecule is Nc1ccc(C(=O)O)cn1.Nc1ccc2nc(C(=O)O)[nH]c2c1.Nc1cn[nH]c1C(=O)O. The molecule has 0 unspecified atom stereocenters. The number of carboxylic acids is 3. The number of hydrogen-bond donors (Lipinski definition) is 8. The molecule has 14 heteroatoms. The van der Waals surface area contributed by atoms with Crippen LogP contribution in [0.1, 0.15) is 31.5 Å². The predicted molar refractivity (Wildman–Crippen MR) is 113 cm³/mol. The van der Waals surface area contributed by atoms with Crippen molar-refractivity contribution in [3.8, 4) is 0 Å². The van der Waals surface area contributed by atoms with Crippen molar-refractivity contribution in [1.82, 2.24) is 25.1 Å². The zero-order valence-corrected chi connectivity index (χ0v) is 16.2. The monoisotopic (exact) mass is 442 g/mol. The zero-order chi connectivity index (χ0) is 23.8. The summed E-state index contributed by atoms with van der Waals surface area (Å²) in [6.07, 6.45) is 2.47.